The topological polar surface area (TPSA) is 26.3 Å². The highest BCUT2D eigenvalue weighted by molar-refractivity contribution is 6.32. The first-order chi connectivity index (χ1) is 7.55. The van der Waals surface area contributed by atoms with Gasteiger partial charge in [-0.3, -0.25) is 4.79 Å². The number of carbonyl (C=O) groups is 1. The van der Waals surface area contributed by atoms with E-state index in [1.807, 2.05) is 18.2 Å². The van der Waals surface area contributed by atoms with Crippen LogP contribution in [0, 0.1) is 0 Å². The molecule has 1 aromatic rings. The van der Waals surface area contributed by atoms with Crippen molar-refractivity contribution in [2.24, 2.45) is 0 Å². The maximum absolute atomic E-state index is 11.4. The van der Waals surface area contributed by atoms with E-state index in [1.54, 1.807) is 7.11 Å². The Balaban J connectivity index is 2.37. The standard InChI is InChI=1S/C13H15ClO2/c1-13(6-5-10(15)8-13)9-3-4-11(14)12(7-9)16-2/h3-4,7H,5-6,8H2,1-2H3. The first kappa shape index (κ1) is 11.5. The molecule has 1 aliphatic rings. The van der Waals surface area contributed by atoms with E-state index in [9.17, 15) is 4.79 Å². The second-order valence-electron chi connectivity index (χ2n) is 4.63. The molecule has 0 aliphatic heterocycles. The second kappa shape index (κ2) is 4.10. The van der Waals surface area contributed by atoms with E-state index in [0.29, 0.717) is 29.4 Å². The summed E-state index contributed by atoms with van der Waals surface area (Å²) in [4.78, 5) is 11.4. The van der Waals surface area contributed by atoms with E-state index in [-0.39, 0.29) is 5.41 Å². The lowest BCUT2D eigenvalue weighted by molar-refractivity contribution is -0.117. The molecule has 1 saturated carbocycles. The lowest BCUT2D eigenvalue weighted by Crippen LogP contribution is -2.17. The number of benzene rings is 1. The molecule has 1 atom stereocenters. The average Bonchev–Trinajstić information content (AvgIpc) is 2.60. The van der Waals surface area contributed by atoms with Gasteiger partial charge in [-0.1, -0.05) is 24.6 Å². The normalized spacial score (nSPS) is 24.8. The molecule has 1 fully saturated rings. The molecule has 2 nitrogen and oxygen atoms in total. The zero-order chi connectivity index (χ0) is 11.8. The molecule has 0 amide bonds. The molecule has 86 valence electrons. The summed E-state index contributed by atoms with van der Waals surface area (Å²) in [6, 6.07) is 5.77. The Morgan fingerprint density at radius 3 is 2.75 bits per heavy atom. The Kier molecular flexibility index (Phi) is 2.94. The zero-order valence-corrected chi connectivity index (χ0v) is 10.3. The van der Waals surface area contributed by atoms with Crippen LogP contribution in [0.25, 0.3) is 0 Å². The largest absolute Gasteiger partial charge is 0.495 e. The van der Waals surface area contributed by atoms with Crippen LogP contribution >= 0.6 is 11.6 Å². The van der Waals surface area contributed by atoms with Crippen LogP contribution in [0.3, 0.4) is 0 Å². The second-order valence-corrected chi connectivity index (χ2v) is 5.03. The van der Waals surface area contributed by atoms with E-state index in [1.165, 1.54) is 0 Å². The van der Waals surface area contributed by atoms with E-state index < -0.39 is 0 Å². The molecule has 0 heterocycles. The molecular formula is C13H15ClO2. The highest BCUT2D eigenvalue weighted by Crippen LogP contribution is 2.41. The third-order valence-electron chi connectivity index (χ3n) is 3.39. The van der Waals surface area contributed by atoms with Crippen molar-refractivity contribution < 1.29 is 9.53 Å². The average molecular weight is 239 g/mol. The number of carbonyl (C=O) groups excluding carboxylic acids is 1. The van der Waals surface area contributed by atoms with Crippen molar-refractivity contribution in [1.29, 1.82) is 0 Å². The molecule has 0 N–H and O–H groups in total. The van der Waals surface area contributed by atoms with E-state index in [0.717, 1.165) is 12.0 Å². The summed E-state index contributed by atoms with van der Waals surface area (Å²) in [5, 5.41) is 0.610. The summed E-state index contributed by atoms with van der Waals surface area (Å²) in [6.45, 7) is 2.13. The minimum absolute atomic E-state index is 0.0467. The molecular weight excluding hydrogens is 224 g/mol. The summed E-state index contributed by atoms with van der Waals surface area (Å²) in [5.41, 5.74) is 1.09. The predicted octanol–water partition coefficient (Wildman–Crippen LogP) is 3.36. The summed E-state index contributed by atoms with van der Waals surface area (Å²) in [5.74, 6) is 1.02. The fraction of sp³-hybridized carbons (Fsp3) is 0.462. The lowest BCUT2D eigenvalue weighted by atomic mass is 9.81. The van der Waals surface area contributed by atoms with Gasteiger partial charge in [-0.05, 0) is 29.5 Å². The molecule has 16 heavy (non-hydrogen) atoms. The predicted molar refractivity (Wildman–Crippen MR) is 64.2 cm³/mol. The number of halogens is 1. The van der Waals surface area contributed by atoms with Gasteiger partial charge in [0.2, 0.25) is 0 Å². The molecule has 2 rings (SSSR count). The van der Waals surface area contributed by atoms with Crippen molar-refractivity contribution >= 4 is 17.4 Å². The summed E-state index contributed by atoms with van der Waals surface area (Å²) < 4.78 is 5.20. The minimum Gasteiger partial charge on any atom is -0.495 e. The molecule has 1 aromatic carbocycles. The van der Waals surface area contributed by atoms with Gasteiger partial charge >= 0.3 is 0 Å². The van der Waals surface area contributed by atoms with Crippen molar-refractivity contribution in [3.05, 3.63) is 28.8 Å². The van der Waals surface area contributed by atoms with Crippen LogP contribution in [-0.2, 0) is 10.2 Å². The SMILES string of the molecule is COc1cc(C2(C)CCC(=O)C2)ccc1Cl. The molecule has 3 heteroatoms. The van der Waals surface area contributed by atoms with Crippen molar-refractivity contribution in [3.63, 3.8) is 0 Å². The van der Waals surface area contributed by atoms with Gasteiger partial charge in [-0.2, -0.15) is 0 Å². The maximum atomic E-state index is 11.4. The first-order valence-electron chi connectivity index (χ1n) is 5.41. The third-order valence-corrected chi connectivity index (χ3v) is 3.70. The van der Waals surface area contributed by atoms with Gasteiger partial charge in [0.1, 0.15) is 11.5 Å². The first-order valence-corrected chi connectivity index (χ1v) is 5.79. The highest BCUT2D eigenvalue weighted by atomic mass is 35.5. The Labute approximate surface area is 101 Å². The Morgan fingerprint density at radius 2 is 2.19 bits per heavy atom. The van der Waals surface area contributed by atoms with Gasteiger partial charge in [-0.15, -0.1) is 0 Å². The number of hydrogen-bond acceptors (Lipinski definition) is 2. The molecule has 0 aromatic heterocycles. The van der Waals surface area contributed by atoms with Crippen molar-refractivity contribution in [2.75, 3.05) is 7.11 Å². The summed E-state index contributed by atoms with van der Waals surface area (Å²) in [7, 11) is 1.60. The zero-order valence-electron chi connectivity index (χ0n) is 9.55. The van der Waals surface area contributed by atoms with Crippen LogP contribution in [0.15, 0.2) is 18.2 Å². The Morgan fingerprint density at radius 1 is 1.44 bits per heavy atom. The van der Waals surface area contributed by atoms with Crippen molar-refractivity contribution in [2.45, 2.75) is 31.6 Å². The van der Waals surface area contributed by atoms with Crippen LogP contribution in [0.4, 0.5) is 0 Å². The van der Waals surface area contributed by atoms with Gasteiger partial charge in [0.25, 0.3) is 0 Å². The van der Waals surface area contributed by atoms with E-state index in [4.69, 9.17) is 16.3 Å². The van der Waals surface area contributed by atoms with Crippen LogP contribution in [0.1, 0.15) is 31.7 Å². The molecule has 1 unspecified atom stereocenters. The number of ketones is 1. The monoisotopic (exact) mass is 238 g/mol. The molecule has 1 aliphatic carbocycles. The Bertz CT molecular complexity index is 428. The number of ether oxygens (including phenoxy) is 1. The van der Waals surface area contributed by atoms with Crippen LogP contribution in [-0.4, -0.2) is 12.9 Å². The van der Waals surface area contributed by atoms with Crippen molar-refractivity contribution in [3.8, 4) is 5.75 Å². The number of Topliss-reactive ketones (excluding diaryl/α,β-unsaturated/α-hetero) is 1. The third kappa shape index (κ3) is 1.94. The summed E-state index contributed by atoms with van der Waals surface area (Å²) in [6.07, 6.45) is 2.22. The molecule has 0 saturated heterocycles. The van der Waals surface area contributed by atoms with Crippen LogP contribution < -0.4 is 4.74 Å². The number of hydrogen-bond donors (Lipinski definition) is 0. The van der Waals surface area contributed by atoms with Gasteiger partial charge in [0.15, 0.2) is 0 Å². The van der Waals surface area contributed by atoms with Crippen molar-refractivity contribution in [1.82, 2.24) is 0 Å². The fourth-order valence-corrected chi connectivity index (χ4v) is 2.50. The van der Waals surface area contributed by atoms with Gasteiger partial charge in [0, 0.05) is 12.8 Å². The van der Waals surface area contributed by atoms with Gasteiger partial charge in [0.05, 0.1) is 12.1 Å². The number of rotatable bonds is 2. The van der Waals surface area contributed by atoms with Gasteiger partial charge < -0.3 is 4.74 Å². The minimum atomic E-state index is -0.0467. The molecule has 0 radical (unpaired) electrons. The quantitative estimate of drug-likeness (QED) is 0.790. The summed E-state index contributed by atoms with van der Waals surface area (Å²) >= 11 is 5.99. The van der Waals surface area contributed by atoms with Crippen LogP contribution in [0.5, 0.6) is 5.75 Å². The smallest absolute Gasteiger partial charge is 0.137 e. The van der Waals surface area contributed by atoms with E-state index in [2.05, 4.69) is 6.92 Å². The van der Waals surface area contributed by atoms with Crippen LogP contribution in [0.2, 0.25) is 5.02 Å². The molecule has 0 bridgehead atoms. The van der Waals surface area contributed by atoms with E-state index >= 15 is 0 Å². The highest BCUT2D eigenvalue weighted by Gasteiger charge is 2.35. The Hall–Kier alpha value is -1.02. The number of methoxy groups -OCH3 is 1. The maximum Gasteiger partial charge on any atom is 0.137 e. The fourth-order valence-electron chi connectivity index (χ4n) is 2.31. The lowest BCUT2D eigenvalue weighted by Gasteiger charge is -2.23. The molecule has 0 spiro atoms. The van der Waals surface area contributed by atoms with Gasteiger partial charge in [-0.25, -0.2) is 0 Å².